The molecule has 0 saturated carbocycles. The first-order chi connectivity index (χ1) is 23.6. The first-order valence-corrected chi connectivity index (χ1v) is 17.1. The van der Waals surface area contributed by atoms with Crippen molar-refractivity contribution >= 4 is 43.1 Å². The highest BCUT2D eigenvalue weighted by Gasteiger charge is 2.49. The van der Waals surface area contributed by atoms with Gasteiger partial charge in [0.25, 0.3) is 0 Å². The van der Waals surface area contributed by atoms with Crippen LogP contribution in [0.1, 0.15) is 44.2 Å². The summed E-state index contributed by atoms with van der Waals surface area (Å²) in [6.45, 7) is 5.35. The van der Waals surface area contributed by atoms with Gasteiger partial charge in [-0.15, -0.1) is 11.3 Å². The maximum atomic E-state index is 17.1. The van der Waals surface area contributed by atoms with Crippen LogP contribution in [0.3, 0.4) is 0 Å². The Balaban J connectivity index is 1.45. The maximum Gasteiger partial charge on any atom is 0.417 e. The number of nitrogens with zero attached hydrogens (tertiary/aromatic N) is 6. The lowest BCUT2D eigenvalue weighted by Crippen LogP contribution is -2.43. The van der Waals surface area contributed by atoms with Crippen LogP contribution in [0.25, 0.3) is 32.1 Å². The lowest BCUT2D eigenvalue weighted by atomic mass is 9.92. The van der Waals surface area contributed by atoms with Crippen molar-refractivity contribution in [3.63, 3.8) is 0 Å². The summed E-state index contributed by atoms with van der Waals surface area (Å²) >= 11 is 0.684. The third kappa shape index (κ3) is 5.58. The summed E-state index contributed by atoms with van der Waals surface area (Å²) < 4.78 is 97.5. The van der Waals surface area contributed by atoms with Crippen LogP contribution >= 0.6 is 11.3 Å². The second kappa shape index (κ2) is 12.4. The number of aliphatic hydroxyl groups is 1. The molecule has 0 spiro atoms. The molecular formula is C34H35F6N7O2S. The van der Waals surface area contributed by atoms with E-state index in [1.54, 1.807) is 18.9 Å². The molecule has 2 aromatic carbocycles. The number of anilines is 2. The van der Waals surface area contributed by atoms with Crippen molar-refractivity contribution < 1.29 is 36.2 Å². The van der Waals surface area contributed by atoms with Crippen molar-refractivity contribution in [1.29, 1.82) is 5.26 Å². The highest BCUT2D eigenvalue weighted by molar-refractivity contribution is 7.23. The minimum absolute atomic E-state index is 0.00881. The second-order valence-electron chi connectivity index (χ2n) is 13.7. The molecule has 50 heavy (non-hydrogen) atoms. The average Bonchev–Trinajstić information content (AvgIpc) is 3.80. The van der Waals surface area contributed by atoms with Crippen molar-refractivity contribution in [2.24, 2.45) is 5.92 Å². The molecule has 4 aromatic rings. The first-order valence-electron chi connectivity index (χ1n) is 16.3. The lowest BCUT2D eigenvalue weighted by Gasteiger charge is -2.32. The van der Waals surface area contributed by atoms with Crippen LogP contribution in [0.5, 0.6) is 6.01 Å². The van der Waals surface area contributed by atoms with E-state index in [0.717, 1.165) is 24.6 Å². The lowest BCUT2D eigenvalue weighted by molar-refractivity contribution is -0.137. The van der Waals surface area contributed by atoms with Crippen molar-refractivity contribution in [3.8, 4) is 23.2 Å². The topological polar surface area (TPSA) is 115 Å². The molecule has 266 valence electrons. The molecule has 3 saturated heterocycles. The highest BCUT2D eigenvalue weighted by Crippen LogP contribution is 2.48. The van der Waals surface area contributed by atoms with E-state index in [1.165, 1.54) is 0 Å². The van der Waals surface area contributed by atoms with Gasteiger partial charge < -0.3 is 20.5 Å². The average molecular weight is 720 g/mol. The van der Waals surface area contributed by atoms with Crippen LogP contribution in [0, 0.1) is 28.9 Å². The number of halogens is 6. The van der Waals surface area contributed by atoms with Crippen LogP contribution in [0.15, 0.2) is 18.2 Å². The number of aromatic nitrogens is 2. The van der Waals surface area contributed by atoms with Gasteiger partial charge in [-0.3, -0.25) is 9.80 Å². The molecule has 3 fully saturated rings. The molecule has 0 bridgehead atoms. The predicted molar refractivity (Wildman–Crippen MR) is 178 cm³/mol. The predicted octanol–water partition coefficient (Wildman–Crippen LogP) is 6.31. The van der Waals surface area contributed by atoms with E-state index in [2.05, 4.69) is 9.97 Å². The number of likely N-dealkylation sites (tertiary alicyclic amines) is 1. The van der Waals surface area contributed by atoms with Gasteiger partial charge in [-0.05, 0) is 49.9 Å². The number of benzene rings is 2. The molecule has 16 heteroatoms. The summed E-state index contributed by atoms with van der Waals surface area (Å²) in [7, 11) is 1.64. The number of alkyl halides is 4. The van der Waals surface area contributed by atoms with Crippen LogP contribution in [-0.2, 0) is 6.18 Å². The van der Waals surface area contributed by atoms with Crippen LogP contribution in [-0.4, -0.2) is 88.7 Å². The zero-order valence-electron chi connectivity index (χ0n) is 27.5. The van der Waals surface area contributed by atoms with Gasteiger partial charge in [-0.25, -0.2) is 13.2 Å². The Bertz CT molecular complexity index is 2030. The molecule has 1 unspecified atom stereocenters. The quantitative estimate of drug-likeness (QED) is 0.212. The Morgan fingerprint density at radius 3 is 2.68 bits per heavy atom. The Hall–Kier alpha value is -3.91. The molecule has 3 aliphatic rings. The Kier molecular flexibility index (Phi) is 8.56. The van der Waals surface area contributed by atoms with E-state index in [-0.39, 0.29) is 75.0 Å². The highest BCUT2D eigenvalue weighted by atomic mass is 32.1. The van der Waals surface area contributed by atoms with E-state index in [9.17, 15) is 32.3 Å². The zero-order valence-corrected chi connectivity index (χ0v) is 28.3. The molecule has 2 aromatic heterocycles. The van der Waals surface area contributed by atoms with Crippen molar-refractivity contribution in [2.75, 3.05) is 50.5 Å². The smallest absolute Gasteiger partial charge is 0.417 e. The largest absolute Gasteiger partial charge is 0.461 e. The molecule has 0 aliphatic carbocycles. The number of rotatable bonds is 7. The molecule has 7 rings (SSSR count). The van der Waals surface area contributed by atoms with Gasteiger partial charge in [0.2, 0.25) is 0 Å². The second-order valence-corrected chi connectivity index (χ2v) is 14.7. The van der Waals surface area contributed by atoms with Gasteiger partial charge in [0, 0.05) is 55.5 Å². The Morgan fingerprint density at radius 1 is 1.24 bits per heavy atom. The molecule has 9 nitrogen and oxygen atoms in total. The van der Waals surface area contributed by atoms with E-state index in [0.29, 0.717) is 37.4 Å². The molecule has 5 atom stereocenters. The van der Waals surface area contributed by atoms with E-state index in [4.69, 9.17) is 10.5 Å². The fourth-order valence-corrected chi connectivity index (χ4v) is 9.07. The number of hydrogen-bond donors (Lipinski definition) is 2. The molecule has 5 heterocycles. The normalized spacial score (nSPS) is 25.0. The SMILES string of the molecule is CC(O)N1C[C@@H](C)[C@H](N(C)c2nc(OC[C@@]34CCCN3C[C@H](F)C4)nc3c(F)c(-c4ccc(F)c5sc(N)c(C#N)c45)c(C(F)(F)F)cc23)C1. The number of nitrogens with two attached hydrogens (primary N) is 1. The summed E-state index contributed by atoms with van der Waals surface area (Å²) in [5.41, 5.74) is 1.94. The van der Waals surface area contributed by atoms with E-state index >= 15 is 4.39 Å². The number of fused-ring (bicyclic) bond motifs is 3. The molecular weight excluding hydrogens is 684 g/mol. The number of nitriles is 1. The maximum absolute atomic E-state index is 17.1. The van der Waals surface area contributed by atoms with E-state index < -0.39 is 52.4 Å². The number of hydrogen-bond acceptors (Lipinski definition) is 10. The third-order valence-corrected chi connectivity index (χ3v) is 11.6. The third-order valence-electron chi connectivity index (χ3n) is 10.6. The monoisotopic (exact) mass is 719 g/mol. The number of ether oxygens (including phenoxy) is 1. The van der Waals surface area contributed by atoms with Crippen LogP contribution in [0.4, 0.5) is 37.2 Å². The Morgan fingerprint density at radius 2 is 2.00 bits per heavy atom. The fraction of sp³-hybridized carbons (Fsp3) is 0.500. The van der Waals surface area contributed by atoms with Crippen molar-refractivity contribution in [2.45, 2.75) is 63.3 Å². The summed E-state index contributed by atoms with van der Waals surface area (Å²) in [5, 5.41) is 19.5. The summed E-state index contributed by atoms with van der Waals surface area (Å²) in [6, 6.07) is 3.87. The van der Waals surface area contributed by atoms with E-state index in [1.807, 2.05) is 22.8 Å². The molecule has 3 aliphatic heterocycles. The van der Waals surface area contributed by atoms with Crippen molar-refractivity contribution in [3.05, 3.63) is 41.0 Å². The van der Waals surface area contributed by atoms with Crippen molar-refractivity contribution in [1.82, 2.24) is 19.8 Å². The minimum Gasteiger partial charge on any atom is -0.461 e. The number of thiophene rings is 1. The minimum atomic E-state index is -5.11. The first kappa shape index (κ1) is 34.5. The molecule has 3 N–H and O–H groups in total. The summed E-state index contributed by atoms with van der Waals surface area (Å²) in [6.07, 6.45) is -5.18. The molecule has 0 radical (unpaired) electrons. The molecule has 0 amide bonds. The van der Waals surface area contributed by atoms with Crippen LogP contribution < -0.4 is 15.4 Å². The standard InChI is InChI=1S/C34H35F6N7O2S/c1-16-12-46(17(2)48)14-24(16)45(3)31-20-9-22(34(38,39)40)26(19-5-6-23(36)29-25(19)21(11-41)30(42)50-29)27(37)28(20)43-32(44-31)49-15-33-7-4-8-47(33)13-18(35)10-33/h5-6,9,16-18,24,48H,4,7-8,10,12-15,42H2,1-3H3/t16-,17?,18-,24-,33+/m1/s1. The summed E-state index contributed by atoms with van der Waals surface area (Å²) in [5.74, 6) is -2.28. The summed E-state index contributed by atoms with van der Waals surface area (Å²) in [4.78, 5) is 14.4. The number of nitrogen functional groups attached to an aromatic ring is 1. The van der Waals surface area contributed by atoms with Crippen LogP contribution in [0.2, 0.25) is 0 Å². The van der Waals surface area contributed by atoms with Gasteiger partial charge in [0.05, 0.1) is 21.4 Å². The number of likely N-dealkylation sites (N-methyl/N-ethyl adjacent to an activating group) is 1. The fourth-order valence-electron chi connectivity index (χ4n) is 8.12. The Labute approximate surface area is 287 Å². The van der Waals surface area contributed by atoms with Gasteiger partial charge in [0.15, 0.2) is 5.82 Å². The van der Waals surface area contributed by atoms with Gasteiger partial charge in [0.1, 0.15) is 47.2 Å². The van der Waals surface area contributed by atoms with Gasteiger partial charge in [-0.2, -0.15) is 28.4 Å². The van der Waals surface area contributed by atoms with Gasteiger partial charge >= 0.3 is 12.2 Å². The zero-order chi connectivity index (χ0) is 35.9. The number of aliphatic hydroxyl groups excluding tert-OH is 1. The van der Waals surface area contributed by atoms with Gasteiger partial charge in [-0.1, -0.05) is 13.0 Å².